The lowest BCUT2D eigenvalue weighted by atomic mass is 10.1. The molecule has 2 N–H and O–H groups in total. The minimum Gasteiger partial charge on any atom is -0.357 e. The molecular formula is C18H31IN4O2S2. The molecule has 1 aromatic rings. The van der Waals surface area contributed by atoms with E-state index >= 15 is 0 Å². The van der Waals surface area contributed by atoms with Crippen molar-refractivity contribution in [2.45, 2.75) is 27.3 Å². The predicted octanol–water partition coefficient (Wildman–Crippen LogP) is 2.36. The van der Waals surface area contributed by atoms with Crippen LogP contribution >= 0.6 is 35.7 Å². The summed E-state index contributed by atoms with van der Waals surface area (Å²) in [7, 11) is -3.20. The third-order valence-corrected chi connectivity index (χ3v) is 7.08. The second-order valence-electron chi connectivity index (χ2n) is 6.38. The number of rotatable bonds is 7. The van der Waals surface area contributed by atoms with E-state index in [-0.39, 0.29) is 29.7 Å². The molecule has 6 nitrogen and oxygen atoms in total. The maximum atomic E-state index is 12.4. The van der Waals surface area contributed by atoms with Crippen LogP contribution in [0.15, 0.2) is 23.2 Å². The Morgan fingerprint density at radius 2 is 1.93 bits per heavy atom. The van der Waals surface area contributed by atoms with Gasteiger partial charge < -0.3 is 10.6 Å². The van der Waals surface area contributed by atoms with Gasteiger partial charge in [-0.25, -0.2) is 17.7 Å². The number of nitrogens with zero attached hydrogens (tertiary/aromatic N) is 2. The maximum Gasteiger partial charge on any atom is 0.215 e. The van der Waals surface area contributed by atoms with Crippen LogP contribution in [0, 0.1) is 13.8 Å². The summed E-state index contributed by atoms with van der Waals surface area (Å²) in [6.07, 6.45) is 0. The highest BCUT2D eigenvalue weighted by Gasteiger charge is 2.23. The maximum absolute atomic E-state index is 12.4. The van der Waals surface area contributed by atoms with E-state index in [0.717, 1.165) is 18.1 Å². The Morgan fingerprint density at radius 3 is 2.56 bits per heavy atom. The molecule has 1 aromatic carbocycles. The molecule has 27 heavy (non-hydrogen) atoms. The van der Waals surface area contributed by atoms with Crippen LogP contribution in [-0.2, 0) is 16.6 Å². The van der Waals surface area contributed by atoms with Crippen molar-refractivity contribution < 1.29 is 8.42 Å². The Hall–Kier alpha value is -0.520. The Kier molecular flexibility index (Phi) is 11.0. The first-order valence-corrected chi connectivity index (χ1v) is 11.8. The van der Waals surface area contributed by atoms with Crippen molar-refractivity contribution in [1.29, 1.82) is 0 Å². The quantitative estimate of drug-likeness (QED) is 0.324. The average Bonchev–Trinajstić information content (AvgIpc) is 2.61. The van der Waals surface area contributed by atoms with Gasteiger partial charge in [0.2, 0.25) is 10.0 Å². The highest BCUT2D eigenvalue weighted by Crippen LogP contribution is 2.13. The number of nitrogens with one attached hydrogen (secondary N) is 2. The van der Waals surface area contributed by atoms with Gasteiger partial charge in [-0.1, -0.05) is 23.8 Å². The average molecular weight is 527 g/mol. The summed E-state index contributed by atoms with van der Waals surface area (Å²) in [5.41, 5.74) is 3.63. The van der Waals surface area contributed by atoms with Crippen molar-refractivity contribution in [1.82, 2.24) is 14.9 Å². The second-order valence-corrected chi connectivity index (χ2v) is 9.69. The van der Waals surface area contributed by atoms with Crippen molar-refractivity contribution in [2.24, 2.45) is 4.99 Å². The largest absolute Gasteiger partial charge is 0.357 e. The predicted molar refractivity (Wildman–Crippen MR) is 127 cm³/mol. The van der Waals surface area contributed by atoms with Crippen molar-refractivity contribution in [3.63, 3.8) is 0 Å². The summed E-state index contributed by atoms with van der Waals surface area (Å²) in [5, 5.41) is 6.32. The molecule has 0 radical (unpaired) electrons. The molecule has 0 aromatic heterocycles. The number of hydrogen-bond donors (Lipinski definition) is 2. The first-order valence-electron chi connectivity index (χ1n) is 9.06. The Labute approximate surface area is 185 Å². The standard InChI is InChI=1S/C18H30N4O2S2.HI/c1-4-19-18(21-14-17-6-5-15(2)13-16(17)3)20-7-12-26(23,24)22-8-10-25-11-9-22;/h5-6,13H,4,7-12,14H2,1-3H3,(H2,19,20,21);1H. The Morgan fingerprint density at radius 1 is 1.22 bits per heavy atom. The molecule has 0 spiro atoms. The molecule has 0 amide bonds. The minimum atomic E-state index is -3.20. The second kappa shape index (κ2) is 12.1. The van der Waals surface area contributed by atoms with Gasteiger partial charge in [-0.2, -0.15) is 11.8 Å². The number of thioether (sulfide) groups is 1. The SMILES string of the molecule is CCNC(=NCc1ccc(C)cc1C)NCCS(=O)(=O)N1CCSCC1.I. The molecule has 1 aliphatic rings. The molecule has 0 saturated carbocycles. The van der Waals surface area contributed by atoms with Crippen molar-refractivity contribution in [3.05, 3.63) is 34.9 Å². The number of hydrogen-bond acceptors (Lipinski definition) is 4. The van der Waals surface area contributed by atoms with Crippen molar-refractivity contribution >= 4 is 51.7 Å². The van der Waals surface area contributed by atoms with Gasteiger partial charge in [0.1, 0.15) is 0 Å². The summed E-state index contributed by atoms with van der Waals surface area (Å²) in [6.45, 7) is 9.05. The van der Waals surface area contributed by atoms with E-state index in [2.05, 4.69) is 47.7 Å². The van der Waals surface area contributed by atoms with Crippen LogP contribution in [0.2, 0.25) is 0 Å². The topological polar surface area (TPSA) is 73.8 Å². The zero-order chi connectivity index (χ0) is 19.0. The Bertz CT molecular complexity index is 720. The summed E-state index contributed by atoms with van der Waals surface area (Å²) in [5.74, 6) is 2.50. The summed E-state index contributed by atoms with van der Waals surface area (Å²) in [4.78, 5) is 4.59. The number of halogens is 1. The lowest BCUT2D eigenvalue weighted by molar-refractivity contribution is 0.443. The highest BCUT2D eigenvalue weighted by atomic mass is 127. The number of guanidine groups is 1. The van der Waals surface area contributed by atoms with E-state index < -0.39 is 10.0 Å². The van der Waals surface area contributed by atoms with Crippen LogP contribution in [0.1, 0.15) is 23.6 Å². The number of sulfonamides is 1. The van der Waals surface area contributed by atoms with E-state index in [4.69, 9.17) is 0 Å². The zero-order valence-corrected chi connectivity index (χ0v) is 20.3. The highest BCUT2D eigenvalue weighted by molar-refractivity contribution is 14.0. The van der Waals surface area contributed by atoms with Gasteiger partial charge in [0.15, 0.2) is 5.96 Å². The fraction of sp³-hybridized carbons (Fsp3) is 0.611. The molecule has 1 fully saturated rings. The lowest BCUT2D eigenvalue weighted by Crippen LogP contribution is -2.44. The fourth-order valence-electron chi connectivity index (χ4n) is 2.78. The van der Waals surface area contributed by atoms with Crippen LogP contribution in [-0.4, -0.2) is 62.1 Å². The van der Waals surface area contributed by atoms with Crippen LogP contribution in [0.3, 0.4) is 0 Å². The molecule has 0 unspecified atom stereocenters. The van der Waals surface area contributed by atoms with Gasteiger partial charge in [0.25, 0.3) is 0 Å². The van der Waals surface area contributed by atoms with E-state index in [9.17, 15) is 8.42 Å². The lowest BCUT2D eigenvalue weighted by Gasteiger charge is -2.25. The van der Waals surface area contributed by atoms with Gasteiger partial charge in [0, 0.05) is 37.7 Å². The van der Waals surface area contributed by atoms with E-state index in [1.807, 2.05) is 6.92 Å². The zero-order valence-electron chi connectivity index (χ0n) is 16.3. The molecule has 0 atom stereocenters. The third kappa shape index (κ3) is 8.16. The molecule has 9 heteroatoms. The molecule has 0 bridgehead atoms. The Balaban J connectivity index is 0.00000364. The molecular weight excluding hydrogens is 495 g/mol. The van der Waals surface area contributed by atoms with Crippen molar-refractivity contribution in [2.75, 3.05) is 43.4 Å². The fourth-order valence-corrected chi connectivity index (χ4v) is 5.27. The van der Waals surface area contributed by atoms with Crippen LogP contribution < -0.4 is 10.6 Å². The molecule has 2 rings (SSSR count). The first kappa shape index (κ1) is 24.5. The minimum absolute atomic E-state index is 0. The molecule has 1 heterocycles. The van der Waals surface area contributed by atoms with E-state index in [1.54, 1.807) is 16.1 Å². The van der Waals surface area contributed by atoms with Crippen LogP contribution in [0.4, 0.5) is 0 Å². The van der Waals surface area contributed by atoms with Crippen LogP contribution in [0.25, 0.3) is 0 Å². The third-order valence-electron chi connectivity index (χ3n) is 4.27. The number of benzene rings is 1. The monoisotopic (exact) mass is 526 g/mol. The summed E-state index contributed by atoms with van der Waals surface area (Å²) < 4.78 is 26.4. The molecule has 1 saturated heterocycles. The molecule has 1 aliphatic heterocycles. The molecule has 154 valence electrons. The van der Waals surface area contributed by atoms with Gasteiger partial charge in [-0.05, 0) is 31.9 Å². The van der Waals surface area contributed by atoms with Gasteiger partial charge >= 0.3 is 0 Å². The first-order chi connectivity index (χ1) is 12.4. The van der Waals surface area contributed by atoms with E-state index in [0.29, 0.717) is 32.1 Å². The molecule has 0 aliphatic carbocycles. The number of aryl methyl sites for hydroxylation is 2. The smallest absolute Gasteiger partial charge is 0.215 e. The van der Waals surface area contributed by atoms with Gasteiger partial charge in [0.05, 0.1) is 12.3 Å². The van der Waals surface area contributed by atoms with E-state index in [1.165, 1.54) is 16.7 Å². The van der Waals surface area contributed by atoms with Crippen LogP contribution in [0.5, 0.6) is 0 Å². The van der Waals surface area contributed by atoms with Crippen molar-refractivity contribution in [3.8, 4) is 0 Å². The van der Waals surface area contributed by atoms with Gasteiger partial charge in [-0.3, -0.25) is 0 Å². The summed E-state index contributed by atoms with van der Waals surface area (Å²) >= 11 is 1.81. The normalized spacial score (nSPS) is 15.9. The summed E-state index contributed by atoms with van der Waals surface area (Å²) in [6, 6.07) is 6.33. The van der Waals surface area contributed by atoms with Gasteiger partial charge in [-0.15, -0.1) is 24.0 Å². The number of aliphatic imine (C=N–C) groups is 1.